The summed E-state index contributed by atoms with van der Waals surface area (Å²) in [5.74, 6) is 2.37. The number of carbonyl (C=O) groups excluding carboxylic acids is 1. The van der Waals surface area contributed by atoms with Crippen molar-refractivity contribution in [3.8, 4) is 0 Å². The van der Waals surface area contributed by atoms with E-state index in [1.54, 1.807) is 0 Å². The van der Waals surface area contributed by atoms with Crippen molar-refractivity contribution >= 4 is 23.6 Å². The van der Waals surface area contributed by atoms with Gasteiger partial charge in [-0.25, -0.2) is 4.99 Å². The Hall–Kier alpha value is -1.69. The van der Waals surface area contributed by atoms with Crippen LogP contribution in [0.5, 0.6) is 0 Å². The minimum atomic E-state index is 0.276. The molecule has 1 fully saturated rings. The number of likely N-dealkylation sites (tertiary alicyclic amines) is 1. The molecule has 6 heteroatoms. The molecule has 1 aliphatic rings. The van der Waals surface area contributed by atoms with Crippen LogP contribution in [0.25, 0.3) is 0 Å². The lowest BCUT2D eigenvalue weighted by molar-refractivity contribution is -0.128. The molecule has 0 atom stereocenters. The van der Waals surface area contributed by atoms with Crippen LogP contribution >= 0.6 is 11.8 Å². The van der Waals surface area contributed by atoms with Gasteiger partial charge in [0.15, 0.2) is 5.96 Å². The van der Waals surface area contributed by atoms with Crippen LogP contribution in [0.4, 0.5) is 0 Å². The second-order valence-corrected chi connectivity index (χ2v) is 7.54. The van der Waals surface area contributed by atoms with Gasteiger partial charge in [-0.3, -0.25) is 4.79 Å². The normalized spacial score (nSPS) is 14.8. The first-order valence-corrected chi connectivity index (χ1v) is 11.0. The molecule has 1 aliphatic heterocycles. The highest BCUT2D eigenvalue weighted by atomic mass is 32.2. The van der Waals surface area contributed by atoms with Gasteiger partial charge in [-0.1, -0.05) is 24.3 Å². The molecule has 0 radical (unpaired) electrons. The Balaban J connectivity index is 1.80. The van der Waals surface area contributed by atoms with E-state index in [-0.39, 0.29) is 5.91 Å². The third-order valence-corrected chi connectivity index (χ3v) is 5.10. The number of hydrogen-bond acceptors (Lipinski definition) is 3. The van der Waals surface area contributed by atoms with Crippen LogP contribution in [0.15, 0.2) is 29.3 Å². The average Bonchev–Trinajstić information content (AvgIpc) is 3.05. The van der Waals surface area contributed by atoms with E-state index in [0.29, 0.717) is 13.0 Å². The average molecular weight is 377 g/mol. The lowest BCUT2D eigenvalue weighted by Gasteiger charge is -2.15. The van der Waals surface area contributed by atoms with Crippen LogP contribution < -0.4 is 10.6 Å². The Morgan fingerprint density at radius 2 is 1.96 bits per heavy atom. The van der Waals surface area contributed by atoms with Crippen molar-refractivity contribution in [1.29, 1.82) is 0 Å². The Morgan fingerprint density at radius 1 is 1.19 bits per heavy atom. The third-order valence-electron chi connectivity index (χ3n) is 4.40. The zero-order valence-electron chi connectivity index (χ0n) is 16.1. The Labute approximate surface area is 162 Å². The lowest BCUT2D eigenvalue weighted by Crippen LogP contribution is -2.37. The minimum absolute atomic E-state index is 0.276. The smallest absolute Gasteiger partial charge is 0.222 e. The fourth-order valence-electron chi connectivity index (χ4n) is 2.93. The standard InChI is InChI=1S/C20H32N4OS/c1-3-21-20(22-12-4-5-14-26-2)23-15-17-8-10-18(11-9-17)16-24-13-6-7-19(24)25/h8-11H,3-7,12-16H2,1-2H3,(H2,21,22,23). The van der Waals surface area contributed by atoms with Gasteiger partial charge in [0.1, 0.15) is 0 Å². The summed E-state index contributed by atoms with van der Waals surface area (Å²) in [6.45, 7) is 6.17. The topological polar surface area (TPSA) is 56.7 Å². The van der Waals surface area contributed by atoms with Crippen molar-refractivity contribution in [2.24, 2.45) is 4.99 Å². The van der Waals surface area contributed by atoms with E-state index in [1.807, 2.05) is 16.7 Å². The van der Waals surface area contributed by atoms with Crippen LogP contribution in [0.1, 0.15) is 43.7 Å². The van der Waals surface area contributed by atoms with Crippen molar-refractivity contribution < 1.29 is 4.79 Å². The highest BCUT2D eigenvalue weighted by Gasteiger charge is 2.19. The monoisotopic (exact) mass is 376 g/mol. The minimum Gasteiger partial charge on any atom is -0.357 e. The molecule has 1 heterocycles. The van der Waals surface area contributed by atoms with Gasteiger partial charge in [-0.15, -0.1) is 0 Å². The molecule has 5 nitrogen and oxygen atoms in total. The molecule has 0 spiro atoms. The molecule has 1 saturated heterocycles. The van der Waals surface area contributed by atoms with Crippen LogP contribution in [0.2, 0.25) is 0 Å². The van der Waals surface area contributed by atoms with Gasteiger partial charge in [0.05, 0.1) is 6.54 Å². The van der Waals surface area contributed by atoms with Gasteiger partial charge in [-0.2, -0.15) is 11.8 Å². The molecule has 1 aromatic carbocycles. The number of benzene rings is 1. The number of hydrogen-bond donors (Lipinski definition) is 2. The maximum atomic E-state index is 11.7. The van der Waals surface area contributed by atoms with Gasteiger partial charge in [0.25, 0.3) is 0 Å². The van der Waals surface area contributed by atoms with E-state index in [9.17, 15) is 4.79 Å². The maximum Gasteiger partial charge on any atom is 0.222 e. The van der Waals surface area contributed by atoms with Gasteiger partial charge in [-0.05, 0) is 49.3 Å². The molecule has 144 valence electrons. The lowest BCUT2D eigenvalue weighted by atomic mass is 10.1. The van der Waals surface area contributed by atoms with Gasteiger partial charge in [0, 0.05) is 32.6 Å². The number of aliphatic imine (C=N–C) groups is 1. The van der Waals surface area contributed by atoms with Gasteiger partial charge in [0.2, 0.25) is 5.91 Å². The summed E-state index contributed by atoms with van der Waals surface area (Å²) < 4.78 is 0. The Kier molecular flexibility index (Phi) is 9.39. The van der Waals surface area contributed by atoms with Crippen molar-refractivity contribution in [2.75, 3.05) is 31.6 Å². The number of guanidine groups is 1. The number of unbranched alkanes of at least 4 members (excludes halogenated alkanes) is 1. The summed E-state index contributed by atoms with van der Waals surface area (Å²) in [6, 6.07) is 8.45. The van der Waals surface area contributed by atoms with Crippen LogP contribution in [-0.2, 0) is 17.9 Å². The van der Waals surface area contributed by atoms with Crippen LogP contribution in [0.3, 0.4) is 0 Å². The van der Waals surface area contributed by atoms with E-state index >= 15 is 0 Å². The third kappa shape index (κ3) is 7.28. The summed E-state index contributed by atoms with van der Waals surface area (Å²) >= 11 is 1.89. The molecule has 1 amide bonds. The number of rotatable bonds is 10. The van der Waals surface area contributed by atoms with Crippen LogP contribution in [-0.4, -0.2) is 48.4 Å². The van der Waals surface area contributed by atoms with Gasteiger partial charge >= 0.3 is 0 Å². The highest BCUT2D eigenvalue weighted by Crippen LogP contribution is 2.15. The van der Waals surface area contributed by atoms with Gasteiger partial charge < -0.3 is 15.5 Å². The van der Waals surface area contributed by atoms with E-state index in [2.05, 4.69) is 53.1 Å². The zero-order chi connectivity index (χ0) is 18.6. The van der Waals surface area contributed by atoms with Crippen molar-refractivity contribution in [1.82, 2.24) is 15.5 Å². The molecular formula is C20H32N4OS. The quantitative estimate of drug-likeness (QED) is 0.374. The fraction of sp³-hybridized carbons (Fsp3) is 0.600. The maximum absolute atomic E-state index is 11.7. The number of carbonyl (C=O) groups is 1. The largest absolute Gasteiger partial charge is 0.357 e. The summed E-state index contributed by atoms with van der Waals surface area (Å²) in [5, 5.41) is 6.70. The molecule has 0 aromatic heterocycles. The summed E-state index contributed by atoms with van der Waals surface area (Å²) in [5.41, 5.74) is 2.37. The molecule has 0 saturated carbocycles. The van der Waals surface area contributed by atoms with Crippen molar-refractivity contribution in [3.63, 3.8) is 0 Å². The summed E-state index contributed by atoms with van der Waals surface area (Å²) in [7, 11) is 0. The second kappa shape index (κ2) is 11.8. The Morgan fingerprint density at radius 3 is 2.62 bits per heavy atom. The summed E-state index contributed by atoms with van der Waals surface area (Å²) in [6.07, 6.45) is 6.23. The first kappa shape index (κ1) is 20.6. The Bertz CT molecular complexity index is 574. The SMILES string of the molecule is CCNC(=NCc1ccc(CN2CCCC2=O)cc1)NCCCCSC. The van der Waals surface area contributed by atoms with Crippen LogP contribution in [0, 0.1) is 0 Å². The van der Waals surface area contributed by atoms with Crippen molar-refractivity contribution in [3.05, 3.63) is 35.4 Å². The number of nitrogens with one attached hydrogen (secondary N) is 2. The highest BCUT2D eigenvalue weighted by molar-refractivity contribution is 7.98. The molecule has 1 aromatic rings. The zero-order valence-corrected chi connectivity index (χ0v) is 16.9. The first-order valence-electron chi connectivity index (χ1n) is 9.59. The van der Waals surface area contributed by atoms with Crippen molar-refractivity contribution in [2.45, 2.75) is 45.7 Å². The van der Waals surface area contributed by atoms with E-state index < -0.39 is 0 Å². The van der Waals surface area contributed by atoms with E-state index in [0.717, 1.165) is 45.0 Å². The molecule has 2 rings (SSSR count). The number of amides is 1. The molecule has 26 heavy (non-hydrogen) atoms. The first-order chi connectivity index (χ1) is 12.7. The predicted molar refractivity (Wildman–Crippen MR) is 112 cm³/mol. The molecule has 2 N–H and O–H groups in total. The predicted octanol–water partition coefficient (Wildman–Crippen LogP) is 3.01. The second-order valence-electron chi connectivity index (χ2n) is 6.56. The molecular weight excluding hydrogens is 344 g/mol. The summed E-state index contributed by atoms with van der Waals surface area (Å²) in [4.78, 5) is 18.3. The number of nitrogens with zero attached hydrogens (tertiary/aromatic N) is 2. The molecule has 0 unspecified atom stereocenters. The fourth-order valence-corrected chi connectivity index (χ4v) is 3.42. The van der Waals surface area contributed by atoms with E-state index in [4.69, 9.17) is 0 Å². The molecule has 0 aliphatic carbocycles. The van der Waals surface area contributed by atoms with E-state index in [1.165, 1.54) is 23.3 Å². The molecule has 0 bridgehead atoms. The number of thioether (sulfide) groups is 1.